The van der Waals surface area contributed by atoms with E-state index in [9.17, 15) is 40.8 Å². The fraction of sp³-hybridized carbons (Fsp3) is 0.541. The van der Waals surface area contributed by atoms with Crippen molar-refractivity contribution in [3.63, 3.8) is 0 Å². The molecule has 0 bridgehead atoms. The summed E-state index contributed by atoms with van der Waals surface area (Å²) in [6.07, 6.45) is 0.950. The highest BCUT2D eigenvalue weighted by atomic mass is 32.2. The van der Waals surface area contributed by atoms with Gasteiger partial charge in [0.25, 0.3) is 5.91 Å². The molecule has 1 heterocycles. The van der Waals surface area contributed by atoms with Crippen molar-refractivity contribution in [2.45, 2.75) is 94.2 Å². The Labute approximate surface area is 317 Å². The second kappa shape index (κ2) is 16.2. The van der Waals surface area contributed by atoms with Crippen LogP contribution in [0.25, 0.3) is 10.6 Å². The number of ether oxygens (including phenoxy) is 1. The zero-order valence-corrected chi connectivity index (χ0v) is 32.0. The minimum Gasteiger partial charge on any atom is -0.446 e. The minimum absolute atomic E-state index is 0.0822. The van der Waals surface area contributed by atoms with Crippen molar-refractivity contribution in [3.05, 3.63) is 60.1 Å². The number of halogens is 3. The van der Waals surface area contributed by atoms with Crippen molar-refractivity contribution < 1.29 is 45.5 Å². The van der Waals surface area contributed by atoms with Gasteiger partial charge in [-0.2, -0.15) is 13.2 Å². The molecule has 3 aliphatic rings. The number of carbonyl (C=O) groups excluding carboxylic acids is 4. The Kier molecular flexibility index (Phi) is 12.3. The molecule has 1 aromatic heterocycles. The monoisotopic (exact) mass is 793 g/mol. The van der Waals surface area contributed by atoms with E-state index in [0.29, 0.717) is 30.8 Å². The fourth-order valence-electron chi connectivity index (χ4n) is 6.69. The Hall–Kier alpha value is -4.25. The molecule has 17 heteroatoms. The van der Waals surface area contributed by atoms with E-state index >= 15 is 0 Å². The van der Waals surface area contributed by atoms with Crippen LogP contribution in [-0.2, 0) is 35.3 Å². The molecule has 294 valence electrons. The molecule has 0 aliphatic heterocycles. The first kappa shape index (κ1) is 40.9. The largest absolute Gasteiger partial charge is 0.446 e. The molecule has 54 heavy (non-hydrogen) atoms. The van der Waals surface area contributed by atoms with E-state index < -0.39 is 80.2 Å². The number of hydrogen-bond donors (Lipinski definition) is 3. The smallest absolute Gasteiger partial charge is 0.416 e. The van der Waals surface area contributed by atoms with Crippen molar-refractivity contribution in [3.8, 4) is 10.6 Å². The molecule has 12 nitrogen and oxygen atoms in total. The lowest BCUT2D eigenvalue weighted by molar-refractivity contribution is -0.140. The Morgan fingerprint density at radius 1 is 1.13 bits per heavy atom. The summed E-state index contributed by atoms with van der Waals surface area (Å²) in [5.74, 6) is -4.51. The van der Waals surface area contributed by atoms with Gasteiger partial charge in [-0.05, 0) is 75.5 Å². The summed E-state index contributed by atoms with van der Waals surface area (Å²) in [5.41, 5.74) is -2.52. The maximum atomic E-state index is 14.0. The highest BCUT2D eigenvalue weighted by molar-refractivity contribution is 7.91. The highest BCUT2D eigenvalue weighted by Crippen LogP contribution is 2.47. The maximum absolute atomic E-state index is 14.0. The molecule has 5 rings (SSSR count). The number of sulfonamides is 1. The van der Waals surface area contributed by atoms with E-state index in [1.54, 1.807) is 19.3 Å². The quantitative estimate of drug-likeness (QED) is 0.130. The van der Waals surface area contributed by atoms with Crippen molar-refractivity contribution >= 4 is 50.9 Å². The molecule has 2 aromatic rings. The third-order valence-corrected chi connectivity index (χ3v) is 13.3. The van der Waals surface area contributed by atoms with Gasteiger partial charge in [-0.25, -0.2) is 18.2 Å². The number of alkyl halides is 3. The third-order valence-electron chi connectivity index (χ3n) is 10.1. The second-order valence-corrected chi connectivity index (χ2v) is 17.6. The average Bonchev–Trinajstić information content (AvgIpc) is 3.99. The Morgan fingerprint density at radius 2 is 1.83 bits per heavy atom. The molecule has 1 aromatic carbocycles. The summed E-state index contributed by atoms with van der Waals surface area (Å²) >= 11 is 1.28. The summed E-state index contributed by atoms with van der Waals surface area (Å²) in [4.78, 5) is 61.2. The van der Waals surface area contributed by atoms with Gasteiger partial charge in [0.15, 0.2) is 0 Å². The molecule has 0 spiro atoms. The number of carbonyl (C=O) groups is 4. The lowest BCUT2D eigenvalue weighted by Crippen LogP contribution is -2.54. The van der Waals surface area contributed by atoms with Gasteiger partial charge < -0.3 is 15.0 Å². The number of aromatic nitrogens is 1. The summed E-state index contributed by atoms with van der Waals surface area (Å²) in [6, 6.07) is 2.93. The molecule has 3 N–H and O–H groups in total. The maximum Gasteiger partial charge on any atom is 0.416 e. The van der Waals surface area contributed by atoms with Crippen molar-refractivity contribution in [2.75, 3.05) is 18.9 Å². The summed E-state index contributed by atoms with van der Waals surface area (Å²) < 4.78 is 74.2. The number of nitrogens with one attached hydrogen (secondary N) is 3. The molecular formula is C37H46F3N5O7S2. The van der Waals surface area contributed by atoms with Gasteiger partial charge in [-0.3, -0.25) is 24.4 Å². The number of rotatable bonds is 16. The fourth-order valence-corrected chi connectivity index (χ4v) is 9.01. The van der Waals surface area contributed by atoms with Crippen LogP contribution in [0.2, 0.25) is 0 Å². The topological polar surface area (TPSA) is 164 Å². The first-order valence-corrected chi connectivity index (χ1v) is 20.3. The van der Waals surface area contributed by atoms with E-state index in [0.717, 1.165) is 29.9 Å². The lowest BCUT2D eigenvalue weighted by atomic mass is 9.93. The number of amides is 4. The van der Waals surface area contributed by atoms with Gasteiger partial charge >= 0.3 is 12.3 Å². The molecule has 4 amide bonds. The van der Waals surface area contributed by atoms with E-state index in [-0.39, 0.29) is 36.4 Å². The molecular weight excluding hydrogens is 748 g/mol. The molecule has 3 fully saturated rings. The van der Waals surface area contributed by atoms with Gasteiger partial charge in [0.2, 0.25) is 21.8 Å². The van der Waals surface area contributed by atoms with Gasteiger partial charge in [0, 0.05) is 36.1 Å². The average molecular weight is 794 g/mol. The number of thiazole rings is 1. The third kappa shape index (κ3) is 9.33. The van der Waals surface area contributed by atoms with Crippen LogP contribution in [-0.4, -0.2) is 72.6 Å². The van der Waals surface area contributed by atoms with Gasteiger partial charge in [0.1, 0.15) is 16.7 Å². The van der Waals surface area contributed by atoms with Crippen LogP contribution in [0.4, 0.5) is 23.7 Å². The summed E-state index contributed by atoms with van der Waals surface area (Å²) in [5, 5.41) is 4.85. The molecule has 3 aliphatic carbocycles. The van der Waals surface area contributed by atoms with Crippen LogP contribution in [0.5, 0.6) is 0 Å². The second-order valence-electron chi connectivity index (χ2n) is 14.5. The van der Waals surface area contributed by atoms with Gasteiger partial charge in [-0.15, -0.1) is 24.5 Å². The lowest BCUT2D eigenvalue weighted by Gasteiger charge is -2.26. The van der Waals surface area contributed by atoms with Gasteiger partial charge in [0.05, 0.1) is 28.3 Å². The first-order chi connectivity index (χ1) is 25.4. The zero-order valence-electron chi connectivity index (χ0n) is 30.4. The van der Waals surface area contributed by atoms with E-state index in [1.807, 2.05) is 13.8 Å². The van der Waals surface area contributed by atoms with Crippen LogP contribution in [0.1, 0.15) is 81.6 Å². The highest BCUT2D eigenvalue weighted by Gasteiger charge is 2.62. The van der Waals surface area contributed by atoms with Crippen molar-refractivity contribution in [2.24, 2.45) is 17.8 Å². The number of allylic oxidation sites excluding steroid dienone is 1. The summed E-state index contributed by atoms with van der Waals surface area (Å²) in [6.45, 7) is 11.7. The standard InChI is InChI=1S/C37H46F3N5O7S2/c1-6-8-9-10-15-45(5)33(47)28-18-24(17-27(28)31(46)43-36(19-22(36)7-2)34(48)44-54(50,51)25-12-13-25)52-35(49)42-29-16-23(37(38,39)40)11-14-26(29)32-41-20-30(53-32)21(3)4/h6-7,11,14,16,20-22,24-25,27-28H,1-2,8-10,12-13,15,17-19H2,3-5H3,(H,42,49)(H,43,46)(H,44,48). The van der Waals surface area contributed by atoms with Crippen LogP contribution in [0.3, 0.4) is 0 Å². The number of anilines is 1. The molecule has 3 saturated carbocycles. The van der Waals surface area contributed by atoms with Gasteiger partial charge in [-0.1, -0.05) is 26.0 Å². The zero-order chi connectivity index (χ0) is 39.6. The number of unbranched alkanes of at least 4 members (excludes halogenated alkanes) is 2. The number of nitrogens with zero attached hydrogens (tertiary/aromatic N) is 2. The van der Waals surface area contributed by atoms with E-state index in [4.69, 9.17) is 4.74 Å². The molecule has 0 saturated heterocycles. The summed E-state index contributed by atoms with van der Waals surface area (Å²) in [7, 11) is -2.34. The normalized spacial score (nSPS) is 23.7. The van der Waals surface area contributed by atoms with Crippen LogP contribution < -0.4 is 15.4 Å². The Balaban J connectivity index is 1.36. The predicted molar refractivity (Wildman–Crippen MR) is 198 cm³/mol. The van der Waals surface area contributed by atoms with Crippen LogP contribution in [0, 0.1) is 17.8 Å². The molecule has 0 radical (unpaired) electrons. The minimum atomic E-state index is -4.70. The predicted octanol–water partition coefficient (Wildman–Crippen LogP) is 6.38. The Bertz CT molecular complexity index is 1900. The number of hydrogen-bond acceptors (Lipinski definition) is 9. The van der Waals surface area contributed by atoms with E-state index in [2.05, 4.69) is 33.5 Å². The van der Waals surface area contributed by atoms with Crippen LogP contribution >= 0.6 is 11.3 Å². The van der Waals surface area contributed by atoms with Crippen molar-refractivity contribution in [1.29, 1.82) is 0 Å². The van der Waals surface area contributed by atoms with E-state index in [1.165, 1.54) is 28.4 Å². The Morgan fingerprint density at radius 3 is 2.43 bits per heavy atom. The first-order valence-electron chi connectivity index (χ1n) is 17.9. The molecule has 5 unspecified atom stereocenters. The van der Waals surface area contributed by atoms with Crippen LogP contribution in [0.15, 0.2) is 49.7 Å². The van der Waals surface area contributed by atoms with Crippen molar-refractivity contribution in [1.82, 2.24) is 19.9 Å². The number of benzene rings is 1. The SMILES string of the molecule is C=CCCCCN(C)C(=O)C1CC(OC(=O)Nc2cc(C(F)(F)F)ccc2-c2ncc(C(C)C)s2)CC1C(=O)NC1(C(=O)NS(=O)(=O)C2CC2)CC1C=C. The molecule has 5 atom stereocenters.